The molecular formula is C8H10ClN3O2. The average molecular weight is 216 g/mol. The van der Waals surface area contributed by atoms with Crippen LogP contribution in [0.4, 0.5) is 5.69 Å². The van der Waals surface area contributed by atoms with E-state index in [0.29, 0.717) is 22.0 Å². The molecule has 0 saturated heterocycles. The van der Waals surface area contributed by atoms with Gasteiger partial charge in [0.15, 0.2) is 5.84 Å². The van der Waals surface area contributed by atoms with E-state index in [1.165, 1.54) is 19.2 Å². The lowest BCUT2D eigenvalue weighted by Crippen LogP contribution is -2.15. The van der Waals surface area contributed by atoms with Gasteiger partial charge < -0.3 is 21.4 Å². The molecule has 0 amide bonds. The van der Waals surface area contributed by atoms with Crippen LogP contribution in [0, 0.1) is 0 Å². The number of halogens is 1. The van der Waals surface area contributed by atoms with Crippen molar-refractivity contribution in [2.24, 2.45) is 10.9 Å². The van der Waals surface area contributed by atoms with Gasteiger partial charge in [-0.05, 0) is 6.07 Å². The van der Waals surface area contributed by atoms with E-state index in [1.54, 1.807) is 0 Å². The molecule has 0 radical (unpaired) electrons. The van der Waals surface area contributed by atoms with Crippen LogP contribution in [0.5, 0.6) is 5.75 Å². The van der Waals surface area contributed by atoms with Crippen LogP contribution in [0.2, 0.25) is 5.02 Å². The molecule has 5 N–H and O–H groups in total. The first-order valence-electron chi connectivity index (χ1n) is 3.71. The molecule has 0 aliphatic carbocycles. The second-order valence-electron chi connectivity index (χ2n) is 2.56. The van der Waals surface area contributed by atoms with Gasteiger partial charge in [0.25, 0.3) is 0 Å². The summed E-state index contributed by atoms with van der Waals surface area (Å²) in [5, 5.41) is 11.6. The molecule has 76 valence electrons. The second-order valence-corrected chi connectivity index (χ2v) is 2.97. The summed E-state index contributed by atoms with van der Waals surface area (Å²) in [6, 6.07) is 2.99. The number of hydrogen-bond acceptors (Lipinski definition) is 4. The summed E-state index contributed by atoms with van der Waals surface area (Å²) in [5.41, 5.74) is 11.7. The molecule has 0 atom stereocenters. The molecule has 0 heterocycles. The van der Waals surface area contributed by atoms with Crippen LogP contribution in [-0.2, 0) is 0 Å². The van der Waals surface area contributed by atoms with Crippen molar-refractivity contribution in [3.8, 4) is 5.75 Å². The van der Waals surface area contributed by atoms with Gasteiger partial charge in [-0.1, -0.05) is 16.8 Å². The van der Waals surface area contributed by atoms with Crippen LogP contribution in [0.15, 0.2) is 17.3 Å². The fraction of sp³-hybridized carbons (Fsp3) is 0.125. The van der Waals surface area contributed by atoms with Gasteiger partial charge in [-0.2, -0.15) is 0 Å². The van der Waals surface area contributed by atoms with E-state index in [9.17, 15) is 0 Å². The summed E-state index contributed by atoms with van der Waals surface area (Å²) in [7, 11) is 1.48. The van der Waals surface area contributed by atoms with E-state index in [1.807, 2.05) is 0 Å². The Labute approximate surface area is 85.9 Å². The molecule has 0 bridgehead atoms. The number of amidine groups is 1. The normalized spacial score (nSPS) is 11.4. The molecule has 6 heteroatoms. The van der Waals surface area contributed by atoms with Crippen molar-refractivity contribution < 1.29 is 9.94 Å². The molecule has 0 fully saturated rings. The van der Waals surface area contributed by atoms with E-state index in [-0.39, 0.29) is 5.84 Å². The molecule has 0 spiro atoms. The van der Waals surface area contributed by atoms with Crippen molar-refractivity contribution in [3.63, 3.8) is 0 Å². The Kier molecular flexibility index (Phi) is 3.03. The molecule has 1 rings (SSSR count). The first-order chi connectivity index (χ1) is 6.60. The van der Waals surface area contributed by atoms with Gasteiger partial charge in [0.1, 0.15) is 5.75 Å². The number of nitrogen functional groups attached to an aromatic ring is 1. The minimum Gasteiger partial charge on any atom is -0.495 e. The van der Waals surface area contributed by atoms with Gasteiger partial charge in [0.2, 0.25) is 0 Å². The number of rotatable bonds is 2. The van der Waals surface area contributed by atoms with Gasteiger partial charge >= 0.3 is 0 Å². The third-order valence-electron chi connectivity index (χ3n) is 1.71. The highest BCUT2D eigenvalue weighted by Gasteiger charge is 2.09. The standard InChI is InChI=1S/C8H10ClN3O2/c1-14-7-3-6(10)4(2-5(7)9)8(11)12-13/h2-3,13H,10H2,1H3,(H2,11,12). The number of nitrogens with two attached hydrogens (primary N) is 2. The molecule has 14 heavy (non-hydrogen) atoms. The smallest absolute Gasteiger partial charge is 0.172 e. The van der Waals surface area contributed by atoms with Crippen molar-refractivity contribution >= 4 is 23.1 Å². The molecule has 0 unspecified atom stereocenters. The monoisotopic (exact) mass is 215 g/mol. The van der Waals surface area contributed by atoms with Gasteiger partial charge in [-0.3, -0.25) is 0 Å². The van der Waals surface area contributed by atoms with Crippen LogP contribution in [0.3, 0.4) is 0 Å². The highest BCUT2D eigenvalue weighted by Crippen LogP contribution is 2.29. The molecule has 0 aliphatic rings. The summed E-state index contributed by atoms with van der Waals surface area (Å²) in [5.74, 6) is 0.353. The molecule has 1 aromatic carbocycles. The quantitative estimate of drug-likeness (QED) is 0.226. The van der Waals surface area contributed by atoms with Crippen molar-refractivity contribution in [2.75, 3.05) is 12.8 Å². The Morgan fingerprint density at radius 1 is 1.57 bits per heavy atom. The first-order valence-corrected chi connectivity index (χ1v) is 4.08. The minimum atomic E-state index is -0.0907. The zero-order valence-corrected chi connectivity index (χ0v) is 8.25. The van der Waals surface area contributed by atoms with Crippen molar-refractivity contribution in [3.05, 3.63) is 22.7 Å². The van der Waals surface area contributed by atoms with Gasteiger partial charge in [-0.25, -0.2) is 0 Å². The number of methoxy groups -OCH3 is 1. The molecule has 5 nitrogen and oxygen atoms in total. The first kappa shape index (κ1) is 10.5. The van der Waals surface area contributed by atoms with E-state index in [2.05, 4.69) is 5.16 Å². The fourth-order valence-corrected chi connectivity index (χ4v) is 1.24. The van der Waals surface area contributed by atoms with Crippen molar-refractivity contribution in [2.45, 2.75) is 0 Å². The number of benzene rings is 1. The third-order valence-corrected chi connectivity index (χ3v) is 2.00. The zero-order chi connectivity index (χ0) is 10.7. The number of hydrogen-bond donors (Lipinski definition) is 3. The van der Waals surface area contributed by atoms with E-state index >= 15 is 0 Å². The lowest BCUT2D eigenvalue weighted by molar-refractivity contribution is 0.318. The van der Waals surface area contributed by atoms with Crippen molar-refractivity contribution in [1.29, 1.82) is 0 Å². The zero-order valence-electron chi connectivity index (χ0n) is 7.49. The average Bonchev–Trinajstić information content (AvgIpc) is 2.19. The Morgan fingerprint density at radius 3 is 2.71 bits per heavy atom. The van der Waals surface area contributed by atoms with Crippen molar-refractivity contribution in [1.82, 2.24) is 0 Å². The summed E-state index contributed by atoms with van der Waals surface area (Å²) in [6.45, 7) is 0. The maximum Gasteiger partial charge on any atom is 0.172 e. The Hall–Kier alpha value is -1.62. The van der Waals surface area contributed by atoms with E-state index < -0.39 is 0 Å². The highest BCUT2D eigenvalue weighted by atomic mass is 35.5. The Balaban J connectivity index is 3.29. The highest BCUT2D eigenvalue weighted by molar-refractivity contribution is 6.32. The number of nitrogens with zero attached hydrogens (tertiary/aromatic N) is 1. The lowest BCUT2D eigenvalue weighted by Gasteiger charge is -2.08. The maximum atomic E-state index is 8.46. The summed E-state index contributed by atoms with van der Waals surface area (Å²) in [6.07, 6.45) is 0. The van der Waals surface area contributed by atoms with Crippen LogP contribution >= 0.6 is 11.6 Å². The van der Waals surface area contributed by atoms with Crippen LogP contribution in [0.25, 0.3) is 0 Å². The third kappa shape index (κ3) is 1.82. The number of ether oxygens (including phenoxy) is 1. The summed E-state index contributed by atoms with van der Waals surface area (Å²) < 4.78 is 4.94. The predicted molar refractivity (Wildman–Crippen MR) is 54.9 cm³/mol. The van der Waals surface area contributed by atoms with Crippen LogP contribution in [0.1, 0.15) is 5.56 Å². The minimum absolute atomic E-state index is 0.0907. The number of oxime groups is 1. The molecule has 0 saturated carbocycles. The molecule has 0 aliphatic heterocycles. The SMILES string of the molecule is COc1cc(N)c(C(N)=NO)cc1Cl. The van der Waals surface area contributed by atoms with Gasteiger partial charge in [0, 0.05) is 17.3 Å². The maximum absolute atomic E-state index is 8.46. The van der Waals surface area contributed by atoms with Crippen LogP contribution < -0.4 is 16.2 Å². The Bertz CT molecular complexity index is 379. The van der Waals surface area contributed by atoms with Gasteiger partial charge in [0.05, 0.1) is 12.1 Å². The molecule has 0 aromatic heterocycles. The Morgan fingerprint density at radius 2 is 2.21 bits per heavy atom. The summed E-state index contributed by atoms with van der Waals surface area (Å²) in [4.78, 5) is 0. The summed E-state index contributed by atoms with van der Waals surface area (Å²) >= 11 is 5.83. The topological polar surface area (TPSA) is 93.9 Å². The lowest BCUT2D eigenvalue weighted by atomic mass is 10.1. The van der Waals surface area contributed by atoms with Crippen LogP contribution in [-0.4, -0.2) is 18.2 Å². The van der Waals surface area contributed by atoms with E-state index in [0.717, 1.165) is 0 Å². The number of anilines is 1. The molecular weight excluding hydrogens is 206 g/mol. The molecule has 1 aromatic rings. The largest absolute Gasteiger partial charge is 0.495 e. The van der Waals surface area contributed by atoms with E-state index in [4.69, 9.17) is 33.0 Å². The second kappa shape index (κ2) is 4.06. The predicted octanol–water partition coefficient (Wildman–Crippen LogP) is 1.03. The van der Waals surface area contributed by atoms with Gasteiger partial charge in [-0.15, -0.1) is 0 Å². The fourth-order valence-electron chi connectivity index (χ4n) is 1.00.